The summed E-state index contributed by atoms with van der Waals surface area (Å²) < 4.78 is 3.02. The summed E-state index contributed by atoms with van der Waals surface area (Å²) in [5, 5.41) is 20.6. The summed E-state index contributed by atoms with van der Waals surface area (Å²) in [6.45, 7) is 4.34. The number of hydrogen-bond acceptors (Lipinski definition) is 4. The molecule has 4 nitrogen and oxygen atoms in total. The Labute approximate surface area is 165 Å². The molecule has 134 valence electrons. The standard InChI is InChI=1S/C20H20BrN3OS/c1-12(2)13-3-8-18-17(9-13)19(20(25)24(18)16-10-26-11-16)23-22-15-6-4-14(21)5-7-15/h3-9,12,16,25H,10-11H2,1-2H3. The maximum Gasteiger partial charge on any atom is 0.221 e. The van der Waals surface area contributed by atoms with E-state index in [1.165, 1.54) is 5.56 Å². The van der Waals surface area contributed by atoms with Crippen molar-refractivity contribution < 1.29 is 5.11 Å². The Morgan fingerprint density at radius 2 is 1.85 bits per heavy atom. The van der Waals surface area contributed by atoms with Gasteiger partial charge in [0, 0.05) is 21.4 Å². The van der Waals surface area contributed by atoms with Gasteiger partial charge in [-0.15, -0.1) is 5.11 Å². The van der Waals surface area contributed by atoms with E-state index in [4.69, 9.17) is 0 Å². The molecule has 0 unspecified atom stereocenters. The number of fused-ring (bicyclic) bond motifs is 1. The van der Waals surface area contributed by atoms with E-state index < -0.39 is 0 Å². The molecule has 0 spiro atoms. The first kappa shape index (κ1) is 17.6. The van der Waals surface area contributed by atoms with Gasteiger partial charge in [-0.2, -0.15) is 16.9 Å². The molecule has 1 N–H and O–H groups in total. The Kier molecular flexibility index (Phi) is 4.80. The summed E-state index contributed by atoms with van der Waals surface area (Å²) in [6, 6.07) is 14.4. The van der Waals surface area contributed by atoms with Gasteiger partial charge in [-0.25, -0.2) is 0 Å². The van der Waals surface area contributed by atoms with Crippen LogP contribution in [0.3, 0.4) is 0 Å². The first-order valence-electron chi connectivity index (χ1n) is 8.66. The van der Waals surface area contributed by atoms with Crippen LogP contribution in [0.25, 0.3) is 10.9 Å². The third-order valence-electron chi connectivity index (χ3n) is 4.72. The number of thioether (sulfide) groups is 1. The molecule has 1 aliphatic rings. The fourth-order valence-corrected chi connectivity index (χ4v) is 4.13. The Morgan fingerprint density at radius 3 is 2.46 bits per heavy atom. The van der Waals surface area contributed by atoms with Gasteiger partial charge in [0.05, 0.1) is 17.2 Å². The molecule has 0 amide bonds. The lowest BCUT2D eigenvalue weighted by Crippen LogP contribution is -2.22. The van der Waals surface area contributed by atoms with Crippen LogP contribution in [0.1, 0.15) is 31.4 Å². The van der Waals surface area contributed by atoms with Crippen molar-refractivity contribution in [1.82, 2.24) is 4.57 Å². The largest absolute Gasteiger partial charge is 0.493 e. The van der Waals surface area contributed by atoms with E-state index in [0.717, 1.165) is 32.6 Å². The lowest BCUT2D eigenvalue weighted by Gasteiger charge is -2.27. The van der Waals surface area contributed by atoms with E-state index in [-0.39, 0.29) is 5.88 Å². The van der Waals surface area contributed by atoms with Crippen LogP contribution in [-0.2, 0) is 0 Å². The zero-order valence-electron chi connectivity index (χ0n) is 14.7. The summed E-state index contributed by atoms with van der Waals surface area (Å²) in [5.74, 6) is 2.67. The van der Waals surface area contributed by atoms with Crippen LogP contribution in [0.5, 0.6) is 5.88 Å². The van der Waals surface area contributed by atoms with Gasteiger partial charge in [-0.05, 0) is 47.9 Å². The molecule has 1 saturated heterocycles. The molecule has 0 bridgehead atoms. The molecule has 2 aromatic carbocycles. The molecule has 6 heteroatoms. The zero-order chi connectivity index (χ0) is 18.3. The molecule has 0 radical (unpaired) electrons. The van der Waals surface area contributed by atoms with Crippen molar-refractivity contribution in [2.75, 3.05) is 11.5 Å². The van der Waals surface area contributed by atoms with Gasteiger partial charge in [0.15, 0.2) is 5.69 Å². The van der Waals surface area contributed by atoms with Crippen molar-refractivity contribution in [3.05, 3.63) is 52.5 Å². The van der Waals surface area contributed by atoms with Crippen LogP contribution in [0.4, 0.5) is 11.4 Å². The van der Waals surface area contributed by atoms with E-state index in [1.54, 1.807) is 0 Å². The van der Waals surface area contributed by atoms with Crippen LogP contribution >= 0.6 is 27.7 Å². The second-order valence-corrected chi connectivity index (χ2v) is 8.83. The lowest BCUT2D eigenvalue weighted by molar-refractivity contribution is 0.406. The fraction of sp³-hybridized carbons (Fsp3) is 0.300. The number of nitrogens with zero attached hydrogens (tertiary/aromatic N) is 3. The number of halogens is 1. The molecule has 0 aliphatic carbocycles. The summed E-state index contributed by atoms with van der Waals surface area (Å²) in [4.78, 5) is 0. The normalized spacial score (nSPS) is 15.2. The third kappa shape index (κ3) is 3.16. The zero-order valence-corrected chi connectivity index (χ0v) is 17.1. The summed E-state index contributed by atoms with van der Waals surface area (Å²) in [5.41, 5.74) is 3.58. The van der Waals surface area contributed by atoms with Crippen molar-refractivity contribution >= 4 is 50.0 Å². The summed E-state index contributed by atoms with van der Waals surface area (Å²) in [7, 11) is 0. The van der Waals surface area contributed by atoms with Crippen molar-refractivity contribution in [2.24, 2.45) is 10.2 Å². The maximum absolute atomic E-state index is 10.9. The number of rotatable bonds is 4. The first-order valence-corrected chi connectivity index (χ1v) is 10.6. The second kappa shape index (κ2) is 7.08. The summed E-state index contributed by atoms with van der Waals surface area (Å²) >= 11 is 5.32. The van der Waals surface area contributed by atoms with Gasteiger partial charge in [-0.3, -0.25) is 0 Å². The van der Waals surface area contributed by atoms with E-state index in [9.17, 15) is 5.11 Å². The molecule has 4 rings (SSSR count). The second-order valence-electron chi connectivity index (χ2n) is 6.84. The number of azo groups is 1. The van der Waals surface area contributed by atoms with Crippen LogP contribution in [0.2, 0.25) is 0 Å². The van der Waals surface area contributed by atoms with E-state index in [1.807, 2.05) is 40.6 Å². The third-order valence-corrected chi connectivity index (χ3v) is 6.49. The Balaban J connectivity index is 1.84. The quantitative estimate of drug-likeness (QED) is 0.456. The van der Waals surface area contributed by atoms with Crippen molar-refractivity contribution in [2.45, 2.75) is 25.8 Å². The monoisotopic (exact) mass is 429 g/mol. The lowest BCUT2D eigenvalue weighted by atomic mass is 10.0. The molecular weight excluding hydrogens is 410 g/mol. The highest BCUT2D eigenvalue weighted by Crippen LogP contribution is 2.45. The van der Waals surface area contributed by atoms with Gasteiger partial charge in [0.2, 0.25) is 5.88 Å². The molecule has 0 saturated carbocycles. The molecule has 0 atom stereocenters. The predicted octanol–water partition coefficient (Wildman–Crippen LogP) is 6.94. The van der Waals surface area contributed by atoms with E-state index in [0.29, 0.717) is 17.6 Å². The maximum atomic E-state index is 10.9. The number of aromatic hydroxyl groups is 1. The highest BCUT2D eigenvalue weighted by Gasteiger charge is 2.27. The average Bonchev–Trinajstić information content (AvgIpc) is 2.85. The molecule has 26 heavy (non-hydrogen) atoms. The van der Waals surface area contributed by atoms with Crippen molar-refractivity contribution in [3.8, 4) is 5.88 Å². The van der Waals surface area contributed by atoms with E-state index in [2.05, 4.69) is 58.2 Å². The van der Waals surface area contributed by atoms with Crippen LogP contribution < -0.4 is 0 Å². The predicted molar refractivity (Wildman–Crippen MR) is 112 cm³/mol. The van der Waals surface area contributed by atoms with Gasteiger partial charge in [0.25, 0.3) is 0 Å². The molecule has 2 heterocycles. The van der Waals surface area contributed by atoms with E-state index >= 15 is 0 Å². The van der Waals surface area contributed by atoms with Crippen LogP contribution in [-0.4, -0.2) is 21.2 Å². The van der Waals surface area contributed by atoms with Gasteiger partial charge < -0.3 is 9.67 Å². The Morgan fingerprint density at radius 1 is 1.12 bits per heavy atom. The van der Waals surface area contributed by atoms with Gasteiger partial charge in [0.1, 0.15) is 0 Å². The molecule has 1 aromatic heterocycles. The fourth-order valence-electron chi connectivity index (χ4n) is 3.12. The highest BCUT2D eigenvalue weighted by molar-refractivity contribution is 9.10. The molecular formula is C20H20BrN3OS. The number of aromatic nitrogens is 1. The number of hydrogen-bond donors (Lipinski definition) is 1. The minimum absolute atomic E-state index is 0.215. The highest BCUT2D eigenvalue weighted by atomic mass is 79.9. The molecule has 3 aromatic rings. The minimum Gasteiger partial charge on any atom is -0.493 e. The summed E-state index contributed by atoms with van der Waals surface area (Å²) in [6.07, 6.45) is 0. The van der Waals surface area contributed by atoms with Crippen LogP contribution in [0, 0.1) is 0 Å². The smallest absolute Gasteiger partial charge is 0.221 e. The van der Waals surface area contributed by atoms with Crippen LogP contribution in [0.15, 0.2) is 57.2 Å². The first-order chi connectivity index (χ1) is 12.5. The van der Waals surface area contributed by atoms with Gasteiger partial charge in [-0.1, -0.05) is 35.8 Å². The molecule has 1 aliphatic heterocycles. The Bertz CT molecular complexity index is 975. The molecule has 1 fully saturated rings. The topological polar surface area (TPSA) is 49.9 Å². The minimum atomic E-state index is 0.215. The Hall–Kier alpha value is -1.79. The van der Waals surface area contributed by atoms with Crippen molar-refractivity contribution in [3.63, 3.8) is 0 Å². The van der Waals surface area contributed by atoms with Crippen molar-refractivity contribution in [1.29, 1.82) is 0 Å². The SMILES string of the molecule is CC(C)c1ccc2c(c1)c(N=Nc1ccc(Br)cc1)c(O)n2C1CSC1. The van der Waals surface area contributed by atoms with Gasteiger partial charge >= 0.3 is 0 Å². The average molecular weight is 430 g/mol. The number of benzene rings is 2.